The molecule has 0 N–H and O–H groups in total. The summed E-state index contributed by atoms with van der Waals surface area (Å²) in [6, 6.07) is 9.27. The van der Waals surface area contributed by atoms with E-state index in [0.717, 1.165) is 11.4 Å². The molecule has 1 heterocycles. The van der Waals surface area contributed by atoms with Gasteiger partial charge >= 0.3 is 11.8 Å². The number of piperazine rings is 1. The van der Waals surface area contributed by atoms with E-state index in [1.54, 1.807) is 0 Å². The van der Waals surface area contributed by atoms with E-state index in [4.69, 9.17) is 0 Å². The molecule has 0 spiro atoms. The molecule has 0 aliphatic carbocycles. The molecular formula is C16H18N2O2. The lowest BCUT2D eigenvalue weighted by Crippen LogP contribution is -2.53. The maximum atomic E-state index is 12.2. The second-order valence-corrected chi connectivity index (χ2v) is 4.46. The molecule has 1 aromatic carbocycles. The zero-order valence-corrected chi connectivity index (χ0v) is 11.7. The number of para-hydroxylation sites is 1. The Kier molecular flexibility index (Phi) is 4.35. The van der Waals surface area contributed by atoms with E-state index < -0.39 is 11.8 Å². The minimum atomic E-state index is -0.480. The van der Waals surface area contributed by atoms with Crippen LogP contribution in [0, 0.1) is 0 Å². The van der Waals surface area contributed by atoms with E-state index in [9.17, 15) is 9.59 Å². The Morgan fingerprint density at radius 3 is 2.35 bits per heavy atom. The number of carbonyl (C=O) groups excluding carboxylic acids is 2. The van der Waals surface area contributed by atoms with Gasteiger partial charge in [-0.05, 0) is 32.1 Å². The van der Waals surface area contributed by atoms with E-state index in [-0.39, 0.29) is 0 Å². The number of anilines is 1. The molecule has 1 aliphatic rings. The number of nitrogens with zero attached hydrogens (tertiary/aromatic N) is 2. The molecule has 0 atom stereocenters. The number of allylic oxidation sites excluding steroid dienone is 3. The second kappa shape index (κ2) is 6.19. The second-order valence-electron chi connectivity index (χ2n) is 4.46. The van der Waals surface area contributed by atoms with Crippen LogP contribution in [-0.4, -0.2) is 29.8 Å². The van der Waals surface area contributed by atoms with Crippen molar-refractivity contribution in [1.29, 1.82) is 0 Å². The SMILES string of the molecule is C/C=C\C(=C/C)N1CCN(c2ccccc2)C(=O)C1=O. The number of hydrogen-bond donors (Lipinski definition) is 0. The molecule has 4 heteroatoms. The van der Waals surface area contributed by atoms with Crippen LogP contribution in [0.25, 0.3) is 0 Å². The first-order valence-electron chi connectivity index (χ1n) is 6.66. The Balaban J connectivity index is 2.22. The van der Waals surface area contributed by atoms with E-state index in [1.165, 1.54) is 9.80 Å². The highest BCUT2D eigenvalue weighted by atomic mass is 16.2. The zero-order chi connectivity index (χ0) is 14.5. The normalized spacial score (nSPS) is 17.2. The van der Waals surface area contributed by atoms with Gasteiger partial charge in [0.1, 0.15) is 0 Å². The fraction of sp³-hybridized carbons (Fsp3) is 0.250. The Morgan fingerprint density at radius 2 is 1.75 bits per heavy atom. The number of hydrogen-bond acceptors (Lipinski definition) is 2. The van der Waals surface area contributed by atoms with Crippen molar-refractivity contribution >= 4 is 17.5 Å². The van der Waals surface area contributed by atoms with Gasteiger partial charge in [-0.25, -0.2) is 0 Å². The van der Waals surface area contributed by atoms with Crippen LogP contribution in [0.5, 0.6) is 0 Å². The lowest BCUT2D eigenvalue weighted by atomic mass is 10.2. The summed E-state index contributed by atoms with van der Waals surface area (Å²) in [5, 5.41) is 0. The van der Waals surface area contributed by atoms with Gasteiger partial charge in [0.25, 0.3) is 0 Å². The van der Waals surface area contributed by atoms with Gasteiger partial charge in [0.05, 0.1) is 0 Å². The first-order valence-corrected chi connectivity index (χ1v) is 6.66. The molecule has 0 aromatic heterocycles. The van der Waals surface area contributed by atoms with E-state index >= 15 is 0 Å². The monoisotopic (exact) mass is 270 g/mol. The topological polar surface area (TPSA) is 40.6 Å². The smallest absolute Gasteiger partial charge is 0.303 e. The van der Waals surface area contributed by atoms with Crippen LogP contribution in [-0.2, 0) is 9.59 Å². The van der Waals surface area contributed by atoms with Crippen molar-refractivity contribution in [2.75, 3.05) is 18.0 Å². The molecule has 1 aliphatic heterocycles. The molecule has 0 saturated carbocycles. The molecule has 1 fully saturated rings. The van der Waals surface area contributed by atoms with Crippen molar-refractivity contribution in [3.05, 3.63) is 54.3 Å². The van der Waals surface area contributed by atoms with Gasteiger partial charge < -0.3 is 9.80 Å². The molecule has 2 rings (SSSR count). The van der Waals surface area contributed by atoms with E-state index in [2.05, 4.69) is 0 Å². The van der Waals surface area contributed by atoms with Crippen LogP contribution in [0.3, 0.4) is 0 Å². The third-order valence-corrected chi connectivity index (χ3v) is 3.23. The highest BCUT2D eigenvalue weighted by Gasteiger charge is 2.34. The Morgan fingerprint density at radius 1 is 1.05 bits per heavy atom. The van der Waals surface area contributed by atoms with Gasteiger partial charge in [0.2, 0.25) is 0 Å². The number of carbonyl (C=O) groups is 2. The van der Waals surface area contributed by atoms with Gasteiger partial charge in [0, 0.05) is 24.5 Å². The fourth-order valence-corrected chi connectivity index (χ4v) is 2.25. The van der Waals surface area contributed by atoms with Crippen molar-refractivity contribution in [1.82, 2.24) is 4.90 Å². The molecule has 0 radical (unpaired) electrons. The maximum absolute atomic E-state index is 12.2. The molecule has 0 unspecified atom stereocenters. The lowest BCUT2D eigenvalue weighted by molar-refractivity contribution is -0.144. The third kappa shape index (κ3) is 2.64. The largest absolute Gasteiger partial charge is 0.316 e. The number of rotatable bonds is 3. The van der Waals surface area contributed by atoms with Crippen molar-refractivity contribution in [3.63, 3.8) is 0 Å². The predicted molar refractivity (Wildman–Crippen MR) is 79.1 cm³/mol. The van der Waals surface area contributed by atoms with Crippen LogP contribution >= 0.6 is 0 Å². The summed E-state index contributed by atoms with van der Waals surface area (Å²) in [7, 11) is 0. The molecule has 0 bridgehead atoms. The molecule has 1 aromatic rings. The highest BCUT2D eigenvalue weighted by molar-refractivity contribution is 6.41. The molecule has 1 saturated heterocycles. The van der Waals surface area contributed by atoms with Crippen molar-refractivity contribution in [2.45, 2.75) is 13.8 Å². The first-order chi connectivity index (χ1) is 9.69. The quantitative estimate of drug-likeness (QED) is 0.625. The zero-order valence-electron chi connectivity index (χ0n) is 11.7. The van der Waals surface area contributed by atoms with Crippen molar-refractivity contribution < 1.29 is 9.59 Å². The first kappa shape index (κ1) is 14.1. The minimum absolute atomic E-state index is 0.480. The fourth-order valence-electron chi connectivity index (χ4n) is 2.25. The summed E-state index contributed by atoms with van der Waals surface area (Å²) in [4.78, 5) is 27.5. The molecule has 2 amide bonds. The Hall–Kier alpha value is -2.36. The number of benzene rings is 1. The summed E-state index contributed by atoms with van der Waals surface area (Å²) >= 11 is 0. The predicted octanol–water partition coefficient (Wildman–Crippen LogP) is 2.34. The average Bonchev–Trinajstić information content (AvgIpc) is 2.49. The summed E-state index contributed by atoms with van der Waals surface area (Å²) in [6.45, 7) is 4.75. The maximum Gasteiger partial charge on any atom is 0.316 e. The molecule has 104 valence electrons. The lowest BCUT2D eigenvalue weighted by Gasteiger charge is -2.34. The summed E-state index contributed by atoms with van der Waals surface area (Å²) in [5.74, 6) is -0.961. The average molecular weight is 270 g/mol. The Labute approximate surface area is 119 Å². The molecule has 20 heavy (non-hydrogen) atoms. The van der Waals surface area contributed by atoms with Crippen molar-refractivity contribution in [2.24, 2.45) is 0 Å². The van der Waals surface area contributed by atoms with Crippen LogP contribution in [0.1, 0.15) is 13.8 Å². The Bertz CT molecular complexity index is 561. The van der Waals surface area contributed by atoms with Crippen LogP contribution < -0.4 is 4.90 Å². The molecule has 4 nitrogen and oxygen atoms in total. The van der Waals surface area contributed by atoms with Gasteiger partial charge in [-0.15, -0.1) is 0 Å². The van der Waals surface area contributed by atoms with Crippen LogP contribution in [0.15, 0.2) is 54.3 Å². The van der Waals surface area contributed by atoms with Gasteiger partial charge in [-0.3, -0.25) is 9.59 Å². The minimum Gasteiger partial charge on any atom is -0.303 e. The summed E-state index contributed by atoms with van der Waals surface area (Å²) in [6.07, 6.45) is 5.53. The van der Waals surface area contributed by atoms with Crippen molar-refractivity contribution in [3.8, 4) is 0 Å². The molecular weight excluding hydrogens is 252 g/mol. The van der Waals surface area contributed by atoms with Gasteiger partial charge in [-0.1, -0.05) is 30.4 Å². The standard InChI is InChI=1S/C16H18N2O2/c1-3-8-13(4-2)17-11-12-18(16(20)15(17)19)14-9-6-5-7-10-14/h3-10H,11-12H2,1-2H3/b8-3-,13-4+. The third-order valence-electron chi connectivity index (χ3n) is 3.23. The number of amides is 2. The van der Waals surface area contributed by atoms with Gasteiger partial charge in [0.15, 0.2) is 0 Å². The van der Waals surface area contributed by atoms with E-state index in [1.807, 2.05) is 62.4 Å². The van der Waals surface area contributed by atoms with Crippen LogP contribution in [0.2, 0.25) is 0 Å². The van der Waals surface area contributed by atoms with Gasteiger partial charge in [-0.2, -0.15) is 0 Å². The summed E-state index contributed by atoms with van der Waals surface area (Å²) in [5.41, 5.74) is 1.53. The van der Waals surface area contributed by atoms with Crippen LogP contribution in [0.4, 0.5) is 5.69 Å². The van der Waals surface area contributed by atoms with E-state index in [0.29, 0.717) is 13.1 Å². The highest BCUT2D eigenvalue weighted by Crippen LogP contribution is 2.19. The summed E-state index contributed by atoms with van der Waals surface area (Å²) < 4.78 is 0.